The van der Waals surface area contributed by atoms with Gasteiger partial charge < -0.3 is 10.6 Å². The number of fused-ring (bicyclic) bond motifs is 3. The van der Waals surface area contributed by atoms with Gasteiger partial charge in [0.1, 0.15) is 0 Å². The smallest absolute Gasteiger partial charge is 0.257 e. The lowest BCUT2D eigenvalue weighted by molar-refractivity contribution is -0.126. The van der Waals surface area contributed by atoms with Crippen LogP contribution in [0.3, 0.4) is 0 Å². The molecule has 6 nitrogen and oxygen atoms in total. The Morgan fingerprint density at radius 2 is 2.00 bits per heavy atom. The largest absolute Gasteiger partial charge is 0.344 e. The number of rotatable bonds is 4. The Morgan fingerprint density at radius 1 is 1.21 bits per heavy atom. The summed E-state index contributed by atoms with van der Waals surface area (Å²) in [5.41, 5.74) is 2.12. The third-order valence-corrected chi connectivity index (χ3v) is 6.86. The number of hydrogen-bond donors (Lipinski definition) is 2. The first-order valence-electron chi connectivity index (χ1n) is 8.87. The molecule has 28 heavy (non-hydrogen) atoms. The number of benzene rings is 2. The minimum atomic E-state index is -1.02. The molecule has 0 aromatic heterocycles. The fraction of sp³-hybridized carbons (Fsp3) is 0.250. The average Bonchev–Trinajstić information content (AvgIpc) is 3.19. The first kappa shape index (κ1) is 18.8. The normalized spacial score (nSPS) is 19.9. The molecule has 2 aliphatic heterocycles. The van der Waals surface area contributed by atoms with Crippen molar-refractivity contribution in [2.75, 3.05) is 16.8 Å². The number of nitrogens with one attached hydrogen (secondary N) is 2. The topological polar surface area (TPSA) is 78.5 Å². The van der Waals surface area contributed by atoms with Crippen LogP contribution in [0.1, 0.15) is 18.4 Å². The van der Waals surface area contributed by atoms with E-state index in [9.17, 15) is 14.4 Å². The molecule has 0 spiro atoms. The predicted octanol–water partition coefficient (Wildman–Crippen LogP) is 3.33. The van der Waals surface area contributed by atoms with Crippen molar-refractivity contribution in [2.45, 2.75) is 29.5 Å². The lowest BCUT2D eigenvalue weighted by Crippen LogP contribution is -2.53. The van der Waals surface area contributed by atoms with Crippen LogP contribution in [0.5, 0.6) is 0 Å². The number of nitrogens with zero attached hydrogens (tertiary/aromatic N) is 1. The van der Waals surface area contributed by atoms with Gasteiger partial charge in [-0.1, -0.05) is 41.6 Å². The first-order chi connectivity index (χ1) is 13.4. The highest BCUT2D eigenvalue weighted by Gasteiger charge is 2.57. The van der Waals surface area contributed by atoms with Gasteiger partial charge in [0.15, 0.2) is 4.87 Å². The van der Waals surface area contributed by atoms with Crippen LogP contribution in [-0.2, 0) is 14.4 Å². The first-order valence-corrected chi connectivity index (χ1v) is 10.1. The van der Waals surface area contributed by atoms with Crippen molar-refractivity contribution in [3.63, 3.8) is 0 Å². The van der Waals surface area contributed by atoms with Crippen molar-refractivity contribution in [3.8, 4) is 0 Å². The maximum absolute atomic E-state index is 13.0. The van der Waals surface area contributed by atoms with E-state index in [4.69, 9.17) is 11.6 Å². The molecular formula is C20H18ClN3O3S. The summed E-state index contributed by atoms with van der Waals surface area (Å²) in [7, 11) is 0. The summed E-state index contributed by atoms with van der Waals surface area (Å²) >= 11 is 7.44. The van der Waals surface area contributed by atoms with Crippen LogP contribution in [0.2, 0.25) is 5.02 Å². The third kappa shape index (κ3) is 3.04. The van der Waals surface area contributed by atoms with Crippen molar-refractivity contribution in [1.82, 2.24) is 5.32 Å². The van der Waals surface area contributed by atoms with Crippen LogP contribution in [-0.4, -0.2) is 29.1 Å². The van der Waals surface area contributed by atoms with Crippen molar-refractivity contribution in [3.05, 3.63) is 53.1 Å². The van der Waals surface area contributed by atoms with Crippen LogP contribution in [0, 0.1) is 6.92 Å². The molecule has 0 aliphatic carbocycles. The number of carbonyl (C=O) groups excluding carboxylic acids is 3. The van der Waals surface area contributed by atoms with Gasteiger partial charge in [-0.25, -0.2) is 0 Å². The molecule has 144 valence electrons. The lowest BCUT2D eigenvalue weighted by Gasteiger charge is -2.29. The number of thioether (sulfide) groups is 1. The molecule has 1 fully saturated rings. The van der Waals surface area contributed by atoms with Crippen molar-refractivity contribution in [1.29, 1.82) is 0 Å². The van der Waals surface area contributed by atoms with E-state index >= 15 is 0 Å². The summed E-state index contributed by atoms with van der Waals surface area (Å²) in [6, 6.07) is 12.7. The van der Waals surface area contributed by atoms with Gasteiger partial charge in [-0.2, -0.15) is 0 Å². The zero-order valence-corrected chi connectivity index (χ0v) is 16.7. The minimum Gasteiger partial charge on any atom is -0.344 e. The number of hydrogen-bond acceptors (Lipinski definition) is 4. The quantitative estimate of drug-likeness (QED) is 0.802. The highest BCUT2D eigenvalue weighted by molar-refractivity contribution is 8.02. The fourth-order valence-corrected chi connectivity index (χ4v) is 5.14. The van der Waals surface area contributed by atoms with E-state index in [-0.39, 0.29) is 24.3 Å². The molecule has 1 atom stereocenters. The minimum absolute atomic E-state index is 0.0772. The molecule has 2 aliphatic rings. The molecular weight excluding hydrogens is 398 g/mol. The number of carbonyl (C=O) groups is 3. The summed E-state index contributed by atoms with van der Waals surface area (Å²) in [6.45, 7) is 1.62. The molecule has 2 aromatic rings. The van der Waals surface area contributed by atoms with Gasteiger partial charge in [0.25, 0.3) is 5.91 Å². The molecule has 4 rings (SSSR count). The Labute approximate surface area is 171 Å². The molecule has 0 bridgehead atoms. The van der Waals surface area contributed by atoms with Crippen molar-refractivity contribution >= 4 is 52.5 Å². The van der Waals surface area contributed by atoms with E-state index in [1.54, 1.807) is 23.1 Å². The molecule has 0 saturated carbocycles. The lowest BCUT2D eigenvalue weighted by atomic mass is 10.2. The number of para-hydroxylation sites is 1. The second-order valence-corrected chi connectivity index (χ2v) is 8.45. The standard InChI is InChI=1S/C20H18ClN3O3S/c1-12-13(21)5-4-6-14(12)23-17(25)11-22-19(27)20-10-9-18(26)24(20)15-7-2-3-8-16(15)28-20/h2-8H,9-11H2,1H3,(H,22,27)(H,23,25). The molecule has 8 heteroatoms. The Hall–Kier alpha value is -2.51. The zero-order valence-electron chi connectivity index (χ0n) is 15.1. The molecule has 1 unspecified atom stereocenters. The molecule has 1 saturated heterocycles. The number of anilines is 2. The van der Waals surface area contributed by atoms with Crippen LogP contribution in [0.25, 0.3) is 0 Å². The molecule has 0 radical (unpaired) electrons. The van der Waals surface area contributed by atoms with E-state index in [0.717, 1.165) is 16.1 Å². The van der Waals surface area contributed by atoms with Gasteiger partial charge in [0.2, 0.25) is 11.8 Å². The summed E-state index contributed by atoms with van der Waals surface area (Å²) < 4.78 is 0. The Kier molecular flexibility index (Phi) is 4.81. The van der Waals surface area contributed by atoms with Gasteiger partial charge >= 0.3 is 0 Å². The zero-order chi connectivity index (χ0) is 19.9. The van der Waals surface area contributed by atoms with E-state index < -0.39 is 4.87 Å². The summed E-state index contributed by atoms with van der Waals surface area (Å²) in [6.07, 6.45) is 0.717. The molecule has 2 heterocycles. The monoisotopic (exact) mass is 415 g/mol. The maximum atomic E-state index is 13.0. The average molecular weight is 416 g/mol. The van der Waals surface area contributed by atoms with Crippen LogP contribution >= 0.6 is 23.4 Å². The highest BCUT2D eigenvalue weighted by Crippen LogP contribution is 2.55. The van der Waals surface area contributed by atoms with E-state index in [2.05, 4.69) is 10.6 Å². The van der Waals surface area contributed by atoms with Gasteiger partial charge in [0.05, 0.1) is 12.2 Å². The van der Waals surface area contributed by atoms with Crippen LogP contribution in [0.15, 0.2) is 47.4 Å². The van der Waals surface area contributed by atoms with Gasteiger partial charge in [-0.15, -0.1) is 0 Å². The second kappa shape index (κ2) is 7.14. The van der Waals surface area contributed by atoms with Crippen molar-refractivity contribution in [2.24, 2.45) is 0 Å². The molecule has 2 aromatic carbocycles. The fourth-order valence-electron chi connectivity index (χ4n) is 3.53. The Balaban J connectivity index is 1.46. The van der Waals surface area contributed by atoms with E-state index in [1.165, 1.54) is 11.8 Å². The summed E-state index contributed by atoms with van der Waals surface area (Å²) in [4.78, 5) is 39.2. The van der Waals surface area contributed by atoms with Gasteiger partial charge in [0, 0.05) is 22.0 Å². The summed E-state index contributed by atoms with van der Waals surface area (Å²) in [5, 5.41) is 6.01. The van der Waals surface area contributed by atoms with Gasteiger partial charge in [-0.3, -0.25) is 19.3 Å². The van der Waals surface area contributed by atoms with Gasteiger partial charge in [-0.05, 0) is 43.2 Å². The van der Waals surface area contributed by atoms with Crippen molar-refractivity contribution < 1.29 is 14.4 Å². The number of halogens is 1. The highest BCUT2D eigenvalue weighted by atomic mass is 35.5. The maximum Gasteiger partial charge on any atom is 0.257 e. The third-order valence-electron chi connectivity index (χ3n) is 4.98. The van der Waals surface area contributed by atoms with E-state index in [1.807, 2.05) is 31.2 Å². The Morgan fingerprint density at radius 3 is 2.82 bits per heavy atom. The predicted molar refractivity (Wildman–Crippen MR) is 110 cm³/mol. The van der Waals surface area contributed by atoms with Crippen LogP contribution in [0.4, 0.5) is 11.4 Å². The number of amides is 3. The summed E-state index contributed by atoms with van der Waals surface area (Å²) in [5.74, 6) is -0.768. The SMILES string of the molecule is Cc1c(Cl)cccc1NC(=O)CNC(=O)C12CCC(=O)N1c1ccccc1S2. The Bertz CT molecular complexity index is 996. The van der Waals surface area contributed by atoms with E-state index in [0.29, 0.717) is 23.6 Å². The molecule has 2 N–H and O–H groups in total. The molecule has 3 amide bonds. The second-order valence-electron chi connectivity index (χ2n) is 6.73. The van der Waals surface area contributed by atoms with Crippen LogP contribution < -0.4 is 15.5 Å².